The Hall–Kier alpha value is -2.00. The molecule has 18 heavy (non-hydrogen) atoms. The van der Waals surface area contributed by atoms with Crippen LogP contribution in [0.5, 0.6) is 0 Å². The van der Waals surface area contributed by atoms with Gasteiger partial charge < -0.3 is 4.98 Å². The van der Waals surface area contributed by atoms with Crippen LogP contribution in [-0.2, 0) is 0 Å². The van der Waals surface area contributed by atoms with E-state index in [1.807, 2.05) is 42.7 Å². The van der Waals surface area contributed by atoms with E-state index < -0.39 is 0 Å². The van der Waals surface area contributed by atoms with E-state index in [1.165, 1.54) is 10.5 Å². The molecule has 3 heteroatoms. The number of hydrogen-bond acceptors (Lipinski definition) is 2. The van der Waals surface area contributed by atoms with Crippen LogP contribution < -0.4 is 0 Å². The third-order valence-electron chi connectivity index (χ3n) is 2.62. The highest BCUT2D eigenvalue weighted by Gasteiger charge is 2.02. The van der Waals surface area contributed by atoms with Gasteiger partial charge in [-0.15, -0.1) is 0 Å². The van der Waals surface area contributed by atoms with Gasteiger partial charge in [0.1, 0.15) is 0 Å². The van der Waals surface area contributed by atoms with Gasteiger partial charge in [0.25, 0.3) is 0 Å². The van der Waals surface area contributed by atoms with Gasteiger partial charge >= 0.3 is 0 Å². The summed E-state index contributed by atoms with van der Waals surface area (Å²) in [4.78, 5) is 8.62. The third-order valence-corrected chi connectivity index (χ3v) is 3.59. The molecule has 2 nitrogen and oxygen atoms in total. The molecule has 0 saturated heterocycles. The largest absolute Gasteiger partial charge is 0.349 e. The average Bonchev–Trinajstić information content (AvgIpc) is 2.89. The molecule has 0 aliphatic carbocycles. The van der Waals surface area contributed by atoms with Gasteiger partial charge in [0.05, 0.1) is 5.03 Å². The number of aromatic nitrogens is 2. The number of nitrogens with one attached hydrogen (secondary N) is 1. The molecule has 0 radical (unpaired) electrons. The van der Waals surface area contributed by atoms with Crippen molar-refractivity contribution in [2.45, 2.75) is 9.92 Å². The molecule has 0 unspecified atom stereocenters. The van der Waals surface area contributed by atoms with Crippen LogP contribution in [0.25, 0.3) is 11.3 Å². The van der Waals surface area contributed by atoms with Crippen LogP contribution in [0, 0.1) is 0 Å². The Morgan fingerprint density at radius 1 is 0.833 bits per heavy atom. The minimum atomic E-state index is 1.14. The predicted octanol–water partition coefficient (Wildman–Crippen LogP) is 4.23. The zero-order chi connectivity index (χ0) is 12.2. The van der Waals surface area contributed by atoms with E-state index in [0.29, 0.717) is 0 Å². The molecule has 2 aromatic heterocycles. The number of nitrogens with zero attached hydrogens (tertiary/aromatic N) is 1. The van der Waals surface area contributed by atoms with E-state index in [1.54, 1.807) is 11.8 Å². The fraction of sp³-hybridized carbons (Fsp3) is 0. The van der Waals surface area contributed by atoms with Crippen molar-refractivity contribution in [1.29, 1.82) is 0 Å². The fourth-order valence-corrected chi connectivity index (χ4v) is 2.56. The van der Waals surface area contributed by atoms with Gasteiger partial charge in [0.15, 0.2) is 0 Å². The second-order valence-electron chi connectivity index (χ2n) is 3.89. The number of H-pyrrole nitrogens is 1. The molecular weight excluding hydrogens is 240 g/mol. The Kier molecular flexibility index (Phi) is 3.15. The van der Waals surface area contributed by atoms with Crippen molar-refractivity contribution in [2.24, 2.45) is 0 Å². The zero-order valence-corrected chi connectivity index (χ0v) is 10.5. The second kappa shape index (κ2) is 5.10. The highest BCUT2D eigenvalue weighted by Crippen LogP contribution is 2.28. The molecule has 0 amide bonds. The molecule has 88 valence electrons. The molecule has 3 aromatic rings. The van der Waals surface area contributed by atoms with Crippen LogP contribution in [0.1, 0.15) is 0 Å². The van der Waals surface area contributed by atoms with E-state index in [0.717, 1.165) is 10.7 Å². The van der Waals surface area contributed by atoms with E-state index in [-0.39, 0.29) is 0 Å². The molecular formula is C15H12N2S. The van der Waals surface area contributed by atoms with E-state index in [4.69, 9.17) is 0 Å². The Bertz CT molecular complexity index is 617. The molecule has 1 N–H and O–H groups in total. The second-order valence-corrected chi connectivity index (χ2v) is 5.00. The minimum Gasteiger partial charge on any atom is -0.349 e. The summed E-state index contributed by atoms with van der Waals surface area (Å²) in [6.45, 7) is 0. The Morgan fingerprint density at radius 3 is 2.39 bits per heavy atom. The summed E-state index contributed by atoms with van der Waals surface area (Å²) in [5.74, 6) is 0. The van der Waals surface area contributed by atoms with Crippen molar-refractivity contribution in [1.82, 2.24) is 9.97 Å². The highest BCUT2D eigenvalue weighted by atomic mass is 32.2. The summed E-state index contributed by atoms with van der Waals surface area (Å²) in [6.07, 6.45) is 3.62. The van der Waals surface area contributed by atoms with E-state index in [2.05, 4.69) is 34.2 Å². The van der Waals surface area contributed by atoms with Crippen LogP contribution in [0.4, 0.5) is 0 Å². The van der Waals surface area contributed by atoms with Gasteiger partial charge in [-0.3, -0.25) is 4.98 Å². The van der Waals surface area contributed by atoms with Crippen molar-refractivity contribution >= 4 is 11.8 Å². The molecule has 0 aliphatic rings. The Labute approximate surface area is 110 Å². The van der Waals surface area contributed by atoms with Crippen molar-refractivity contribution < 1.29 is 0 Å². The molecule has 3 rings (SSSR count). The van der Waals surface area contributed by atoms with E-state index >= 15 is 0 Å². The molecule has 0 aliphatic heterocycles. The molecule has 0 fully saturated rings. The lowest BCUT2D eigenvalue weighted by Crippen LogP contribution is -1.77. The lowest BCUT2D eigenvalue weighted by atomic mass is 10.2. The highest BCUT2D eigenvalue weighted by molar-refractivity contribution is 7.99. The summed E-state index contributed by atoms with van der Waals surface area (Å²) in [6, 6.07) is 18.6. The summed E-state index contributed by atoms with van der Waals surface area (Å²) in [5.41, 5.74) is 2.35. The topological polar surface area (TPSA) is 28.7 Å². The first kappa shape index (κ1) is 11.1. The first-order valence-electron chi connectivity index (χ1n) is 5.74. The van der Waals surface area contributed by atoms with Crippen LogP contribution in [0.2, 0.25) is 0 Å². The Balaban J connectivity index is 1.82. The van der Waals surface area contributed by atoms with Crippen molar-refractivity contribution in [3.63, 3.8) is 0 Å². The SMILES string of the molecule is c1ccc(-c2ccc(Sc3ccncc3)[nH]2)cc1. The summed E-state index contributed by atoms with van der Waals surface area (Å²) in [7, 11) is 0. The lowest BCUT2D eigenvalue weighted by Gasteiger charge is -1.99. The quantitative estimate of drug-likeness (QED) is 0.755. The van der Waals surface area contributed by atoms with Gasteiger partial charge in [-0.2, -0.15) is 0 Å². The van der Waals surface area contributed by atoms with Crippen molar-refractivity contribution in [3.8, 4) is 11.3 Å². The monoisotopic (exact) mass is 252 g/mol. The summed E-state index contributed by atoms with van der Waals surface area (Å²) in [5, 5.41) is 1.14. The fourth-order valence-electron chi connectivity index (χ4n) is 1.75. The van der Waals surface area contributed by atoms with Crippen LogP contribution in [-0.4, -0.2) is 9.97 Å². The Morgan fingerprint density at radius 2 is 1.61 bits per heavy atom. The molecule has 0 atom stereocenters. The molecule has 0 saturated carbocycles. The van der Waals surface area contributed by atoms with Gasteiger partial charge in [0, 0.05) is 23.0 Å². The van der Waals surface area contributed by atoms with Gasteiger partial charge in [-0.1, -0.05) is 42.1 Å². The van der Waals surface area contributed by atoms with E-state index in [9.17, 15) is 0 Å². The molecule has 0 bridgehead atoms. The maximum atomic E-state index is 4.02. The normalized spacial score (nSPS) is 10.4. The van der Waals surface area contributed by atoms with Crippen LogP contribution in [0.3, 0.4) is 0 Å². The maximum Gasteiger partial charge on any atom is 0.0774 e. The minimum absolute atomic E-state index is 1.14. The smallest absolute Gasteiger partial charge is 0.0774 e. The zero-order valence-electron chi connectivity index (χ0n) is 9.71. The summed E-state index contributed by atoms with van der Waals surface area (Å²) < 4.78 is 0. The van der Waals surface area contributed by atoms with Gasteiger partial charge in [-0.25, -0.2) is 0 Å². The summed E-state index contributed by atoms with van der Waals surface area (Å²) >= 11 is 1.71. The first-order valence-corrected chi connectivity index (χ1v) is 6.56. The average molecular weight is 252 g/mol. The van der Waals surface area contributed by atoms with Crippen molar-refractivity contribution in [2.75, 3.05) is 0 Å². The molecule has 2 heterocycles. The van der Waals surface area contributed by atoms with Gasteiger partial charge in [0.2, 0.25) is 0 Å². The first-order chi connectivity index (χ1) is 8.92. The number of benzene rings is 1. The molecule has 1 aromatic carbocycles. The predicted molar refractivity (Wildman–Crippen MR) is 74.6 cm³/mol. The van der Waals surface area contributed by atoms with Crippen LogP contribution in [0.15, 0.2) is 76.9 Å². The number of hydrogen-bond donors (Lipinski definition) is 1. The maximum absolute atomic E-state index is 4.02. The van der Waals surface area contributed by atoms with Gasteiger partial charge in [-0.05, 0) is 29.8 Å². The number of aromatic amines is 1. The lowest BCUT2D eigenvalue weighted by molar-refractivity contribution is 1.19. The third kappa shape index (κ3) is 2.46. The van der Waals surface area contributed by atoms with Crippen LogP contribution >= 0.6 is 11.8 Å². The van der Waals surface area contributed by atoms with Crippen molar-refractivity contribution in [3.05, 3.63) is 67.0 Å². The number of rotatable bonds is 3. The number of pyridine rings is 1. The standard InChI is InChI=1S/C15H12N2S/c1-2-4-12(5-3-1)14-6-7-15(17-14)18-13-8-10-16-11-9-13/h1-11,17H. The molecule has 0 spiro atoms.